The third-order valence-corrected chi connectivity index (χ3v) is 3.13. The van der Waals surface area contributed by atoms with Crippen molar-refractivity contribution in [3.63, 3.8) is 0 Å². The molecule has 0 aliphatic rings. The molecular weight excluding hydrogens is 238 g/mol. The molecule has 0 fully saturated rings. The van der Waals surface area contributed by atoms with E-state index in [1.54, 1.807) is 0 Å². The summed E-state index contributed by atoms with van der Waals surface area (Å²) in [4.78, 5) is 8.95. The molecular formula is C9H21O3PV. The average Bonchev–Trinajstić information content (AvgIpc) is 2.03. The zero-order valence-electron chi connectivity index (χ0n) is 9.43. The fraction of sp³-hybridized carbons (Fsp3) is 1.00. The van der Waals surface area contributed by atoms with E-state index in [0.29, 0.717) is 18.4 Å². The molecule has 0 aliphatic carbocycles. The summed E-state index contributed by atoms with van der Waals surface area (Å²) in [5.74, 6) is 0.946. The van der Waals surface area contributed by atoms with Gasteiger partial charge in [-0.2, -0.15) is 0 Å². The molecule has 1 N–H and O–H groups in total. The SMILES string of the molecule is CCC(C)C(CC)COP(C)(=O)O.[V]. The molecule has 0 saturated carbocycles. The first kappa shape index (κ1) is 17.1. The number of rotatable bonds is 6. The normalized spacial score (nSPS) is 19.2. The van der Waals surface area contributed by atoms with Crippen molar-refractivity contribution in [1.82, 2.24) is 0 Å². The van der Waals surface area contributed by atoms with Gasteiger partial charge in [0.2, 0.25) is 0 Å². The Morgan fingerprint density at radius 2 is 1.86 bits per heavy atom. The van der Waals surface area contributed by atoms with Crippen LogP contribution in [0.4, 0.5) is 0 Å². The average molecular weight is 259 g/mol. The van der Waals surface area contributed by atoms with Crippen LogP contribution in [0.2, 0.25) is 0 Å². The van der Waals surface area contributed by atoms with Crippen LogP contribution in [0.25, 0.3) is 0 Å². The van der Waals surface area contributed by atoms with Gasteiger partial charge in [-0.1, -0.05) is 33.6 Å². The maximum absolute atomic E-state index is 10.9. The van der Waals surface area contributed by atoms with Crippen LogP contribution in [-0.2, 0) is 27.6 Å². The fourth-order valence-electron chi connectivity index (χ4n) is 1.25. The predicted octanol–water partition coefficient (Wildman–Crippen LogP) is 2.89. The molecule has 85 valence electrons. The first-order valence-electron chi connectivity index (χ1n) is 4.85. The van der Waals surface area contributed by atoms with Gasteiger partial charge in [-0.3, -0.25) is 4.57 Å². The monoisotopic (exact) mass is 259 g/mol. The summed E-state index contributed by atoms with van der Waals surface area (Å²) in [5, 5.41) is 0. The quantitative estimate of drug-likeness (QED) is 0.746. The predicted molar refractivity (Wildman–Crippen MR) is 54.9 cm³/mol. The van der Waals surface area contributed by atoms with Gasteiger partial charge in [0, 0.05) is 25.2 Å². The number of hydrogen-bond donors (Lipinski definition) is 1. The summed E-state index contributed by atoms with van der Waals surface area (Å²) in [5.41, 5.74) is 0. The molecule has 0 aromatic rings. The molecule has 14 heavy (non-hydrogen) atoms. The van der Waals surface area contributed by atoms with Crippen LogP contribution >= 0.6 is 7.60 Å². The van der Waals surface area contributed by atoms with E-state index in [2.05, 4.69) is 20.8 Å². The molecule has 3 unspecified atom stereocenters. The van der Waals surface area contributed by atoms with Crippen LogP contribution in [0.5, 0.6) is 0 Å². The van der Waals surface area contributed by atoms with Crippen LogP contribution in [0.15, 0.2) is 0 Å². The third kappa shape index (κ3) is 8.08. The molecule has 0 aromatic heterocycles. The van der Waals surface area contributed by atoms with Crippen molar-refractivity contribution < 1.29 is 32.5 Å². The fourth-order valence-corrected chi connectivity index (χ4v) is 1.72. The van der Waals surface area contributed by atoms with E-state index in [4.69, 9.17) is 9.42 Å². The summed E-state index contributed by atoms with van der Waals surface area (Å²) in [7, 11) is -3.28. The molecule has 0 aliphatic heterocycles. The molecule has 0 aromatic carbocycles. The molecule has 0 bridgehead atoms. The molecule has 0 rings (SSSR count). The van der Waals surface area contributed by atoms with Crippen LogP contribution in [-0.4, -0.2) is 18.2 Å². The van der Waals surface area contributed by atoms with Crippen molar-refractivity contribution in [2.24, 2.45) is 11.8 Å². The Hall–Kier alpha value is 0.734. The van der Waals surface area contributed by atoms with Gasteiger partial charge in [0.1, 0.15) is 0 Å². The van der Waals surface area contributed by atoms with Gasteiger partial charge in [-0.05, 0) is 11.8 Å². The van der Waals surface area contributed by atoms with Gasteiger partial charge in [0.25, 0.3) is 0 Å². The summed E-state index contributed by atoms with van der Waals surface area (Å²) < 4.78 is 15.8. The van der Waals surface area contributed by atoms with Crippen molar-refractivity contribution in [3.05, 3.63) is 0 Å². The third-order valence-electron chi connectivity index (χ3n) is 2.50. The second-order valence-electron chi connectivity index (χ2n) is 3.65. The van der Waals surface area contributed by atoms with Gasteiger partial charge in [0.05, 0.1) is 6.61 Å². The first-order valence-corrected chi connectivity index (χ1v) is 6.88. The topological polar surface area (TPSA) is 46.5 Å². The molecule has 3 atom stereocenters. The van der Waals surface area contributed by atoms with Gasteiger partial charge in [-0.25, -0.2) is 0 Å². The van der Waals surface area contributed by atoms with E-state index in [1.807, 2.05) is 0 Å². The number of hydrogen-bond acceptors (Lipinski definition) is 2. The Morgan fingerprint density at radius 3 is 2.14 bits per heavy atom. The summed E-state index contributed by atoms with van der Waals surface area (Å²) in [6.45, 7) is 7.98. The van der Waals surface area contributed by atoms with Gasteiger partial charge < -0.3 is 9.42 Å². The molecule has 0 heterocycles. The smallest absolute Gasteiger partial charge is 0.324 e. The zero-order valence-corrected chi connectivity index (χ0v) is 11.7. The van der Waals surface area contributed by atoms with E-state index in [9.17, 15) is 4.57 Å². The Kier molecular flexibility index (Phi) is 9.74. The van der Waals surface area contributed by atoms with Crippen LogP contribution < -0.4 is 0 Å². The van der Waals surface area contributed by atoms with Gasteiger partial charge in [-0.15, -0.1) is 0 Å². The van der Waals surface area contributed by atoms with Crippen molar-refractivity contribution in [1.29, 1.82) is 0 Å². The summed E-state index contributed by atoms with van der Waals surface area (Å²) in [6.07, 6.45) is 2.08. The summed E-state index contributed by atoms with van der Waals surface area (Å²) in [6, 6.07) is 0. The standard InChI is InChI=1S/C9H21O3P.V/c1-5-8(3)9(6-2)7-12-13(4,10)11;/h8-9H,5-7H2,1-4H3,(H,10,11);. The van der Waals surface area contributed by atoms with Crippen LogP contribution in [0.1, 0.15) is 33.6 Å². The van der Waals surface area contributed by atoms with Crippen molar-refractivity contribution >= 4 is 7.60 Å². The molecule has 0 saturated heterocycles. The van der Waals surface area contributed by atoms with E-state index in [-0.39, 0.29) is 18.6 Å². The molecule has 1 radical (unpaired) electrons. The Balaban J connectivity index is 0. The Morgan fingerprint density at radius 1 is 1.36 bits per heavy atom. The van der Waals surface area contributed by atoms with Gasteiger partial charge in [0.15, 0.2) is 0 Å². The minimum absolute atomic E-state index is 0. The molecule has 3 nitrogen and oxygen atoms in total. The van der Waals surface area contributed by atoms with Crippen LogP contribution in [0, 0.1) is 11.8 Å². The second kappa shape index (κ2) is 7.95. The van der Waals surface area contributed by atoms with Crippen molar-refractivity contribution in [2.75, 3.05) is 13.3 Å². The zero-order chi connectivity index (χ0) is 10.5. The summed E-state index contributed by atoms with van der Waals surface area (Å²) >= 11 is 0. The van der Waals surface area contributed by atoms with E-state index >= 15 is 0 Å². The molecule has 0 amide bonds. The minimum atomic E-state index is -3.28. The molecule has 5 heteroatoms. The van der Waals surface area contributed by atoms with E-state index < -0.39 is 7.60 Å². The van der Waals surface area contributed by atoms with Gasteiger partial charge >= 0.3 is 7.60 Å². The second-order valence-corrected chi connectivity index (χ2v) is 5.52. The first-order chi connectivity index (χ1) is 5.90. The van der Waals surface area contributed by atoms with Crippen molar-refractivity contribution in [3.8, 4) is 0 Å². The molecule has 0 spiro atoms. The van der Waals surface area contributed by atoms with Crippen molar-refractivity contribution in [2.45, 2.75) is 33.6 Å². The maximum Gasteiger partial charge on any atom is 0.325 e. The van der Waals surface area contributed by atoms with E-state index in [0.717, 1.165) is 12.8 Å². The maximum atomic E-state index is 10.9. The largest absolute Gasteiger partial charge is 0.325 e. The van der Waals surface area contributed by atoms with Crippen LogP contribution in [0.3, 0.4) is 0 Å². The van der Waals surface area contributed by atoms with E-state index in [1.165, 1.54) is 6.66 Å². The Labute approximate surface area is 99.0 Å². The minimum Gasteiger partial charge on any atom is -0.324 e. The Bertz CT molecular complexity index is 181.